The molecule has 0 aromatic heterocycles. The van der Waals surface area contributed by atoms with E-state index in [4.69, 9.17) is 5.21 Å². The molecule has 0 saturated heterocycles. The number of hydrogen-bond donors (Lipinski definition) is 2. The van der Waals surface area contributed by atoms with E-state index in [1.54, 1.807) is 12.1 Å². The van der Waals surface area contributed by atoms with Crippen molar-refractivity contribution >= 4 is 15.9 Å². The van der Waals surface area contributed by atoms with Gasteiger partial charge in [0, 0.05) is 19.5 Å². The first kappa shape index (κ1) is 20.6. The van der Waals surface area contributed by atoms with Crippen LogP contribution in [0.3, 0.4) is 0 Å². The van der Waals surface area contributed by atoms with Crippen molar-refractivity contribution in [3.05, 3.63) is 29.8 Å². The Balaban J connectivity index is 2.92. The first-order valence-electron chi connectivity index (χ1n) is 8.47. The Bertz CT molecular complexity index is 600. The lowest BCUT2D eigenvalue weighted by Gasteiger charge is -2.22. The zero-order chi connectivity index (χ0) is 18.0. The lowest BCUT2D eigenvalue weighted by atomic mass is 10.1. The van der Waals surface area contributed by atoms with E-state index in [1.165, 1.54) is 9.79 Å². The average Bonchev–Trinajstić information content (AvgIpc) is 2.58. The second-order valence-electron chi connectivity index (χ2n) is 5.79. The molecule has 0 aliphatic carbocycles. The van der Waals surface area contributed by atoms with Gasteiger partial charge in [-0.05, 0) is 30.5 Å². The molecular weight excluding hydrogens is 328 g/mol. The van der Waals surface area contributed by atoms with Crippen molar-refractivity contribution in [1.29, 1.82) is 0 Å². The summed E-state index contributed by atoms with van der Waals surface area (Å²) in [5, 5.41) is 8.60. The fourth-order valence-corrected chi connectivity index (χ4v) is 3.92. The quantitative estimate of drug-likeness (QED) is 0.363. The highest BCUT2D eigenvalue weighted by atomic mass is 32.2. The summed E-state index contributed by atoms with van der Waals surface area (Å²) in [6.45, 7) is 4.54. The van der Waals surface area contributed by atoms with E-state index in [0.717, 1.165) is 37.7 Å². The molecule has 0 unspecified atom stereocenters. The number of carbonyl (C=O) groups excluding carboxylic acids is 1. The van der Waals surface area contributed by atoms with Gasteiger partial charge in [0.1, 0.15) is 0 Å². The van der Waals surface area contributed by atoms with E-state index in [2.05, 4.69) is 6.92 Å². The summed E-state index contributed by atoms with van der Waals surface area (Å²) in [6.07, 6.45) is 4.49. The lowest BCUT2D eigenvalue weighted by Crippen LogP contribution is -2.35. The first-order chi connectivity index (χ1) is 11.5. The molecule has 0 bridgehead atoms. The Morgan fingerprint density at radius 1 is 1.08 bits per heavy atom. The summed E-state index contributed by atoms with van der Waals surface area (Å²) in [7, 11) is -3.65. The monoisotopic (exact) mass is 356 g/mol. The number of rotatable bonds is 11. The summed E-state index contributed by atoms with van der Waals surface area (Å²) >= 11 is 0. The number of aryl methyl sites for hydroxylation is 1. The van der Waals surface area contributed by atoms with Crippen molar-refractivity contribution in [1.82, 2.24) is 9.79 Å². The molecule has 24 heavy (non-hydrogen) atoms. The first-order valence-corrected chi connectivity index (χ1v) is 9.91. The molecule has 136 valence electrons. The van der Waals surface area contributed by atoms with E-state index >= 15 is 0 Å². The highest BCUT2D eigenvalue weighted by Crippen LogP contribution is 2.18. The highest BCUT2D eigenvalue weighted by molar-refractivity contribution is 7.89. The molecule has 0 radical (unpaired) electrons. The minimum atomic E-state index is -3.65. The maximum Gasteiger partial charge on any atom is 0.244 e. The van der Waals surface area contributed by atoms with Crippen LogP contribution in [0.15, 0.2) is 29.2 Å². The van der Waals surface area contributed by atoms with Gasteiger partial charge in [-0.3, -0.25) is 10.0 Å². The van der Waals surface area contributed by atoms with Crippen molar-refractivity contribution in [3.8, 4) is 0 Å². The van der Waals surface area contributed by atoms with E-state index in [0.29, 0.717) is 6.54 Å². The predicted octanol–water partition coefficient (Wildman–Crippen LogP) is 2.72. The van der Waals surface area contributed by atoms with Crippen molar-refractivity contribution < 1.29 is 18.4 Å². The zero-order valence-corrected chi connectivity index (χ0v) is 15.3. The Morgan fingerprint density at radius 3 is 2.29 bits per heavy atom. The smallest absolute Gasteiger partial charge is 0.244 e. The minimum Gasteiger partial charge on any atom is -0.289 e. The molecule has 1 aromatic rings. The Morgan fingerprint density at radius 2 is 1.75 bits per heavy atom. The number of hydroxylamine groups is 1. The molecule has 0 atom stereocenters. The van der Waals surface area contributed by atoms with E-state index in [1.807, 2.05) is 19.1 Å². The second-order valence-corrected chi connectivity index (χ2v) is 7.73. The van der Waals surface area contributed by atoms with E-state index in [9.17, 15) is 13.2 Å². The molecule has 1 aromatic carbocycles. The Hall–Kier alpha value is -1.44. The van der Waals surface area contributed by atoms with Crippen LogP contribution in [0, 0.1) is 0 Å². The summed E-state index contributed by atoms with van der Waals surface area (Å²) in [5.41, 5.74) is 2.65. The number of nitrogens with zero attached hydrogens (tertiary/aromatic N) is 1. The number of hydrogen-bond acceptors (Lipinski definition) is 4. The third-order valence-electron chi connectivity index (χ3n) is 3.82. The normalized spacial score (nSPS) is 11.7. The van der Waals surface area contributed by atoms with Crippen LogP contribution in [0.2, 0.25) is 0 Å². The third kappa shape index (κ3) is 6.22. The fourth-order valence-electron chi connectivity index (χ4n) is 2.44. The third-order valence-corrected chi connectivity index (χ3v) is 5.74. The molecule has 2 N–H and O–H groups in total. The highest BCUT2D eigenvalue weighted by Gasteiger charge is 2.24. The van der Waals surface area contributed by atoms with Gasteiger partial charge in [-0.25, -0.2) is 13.9 Å². The molecule has 6 nitrogen and oxygen atoms in total. The Labute approximate surface area is 144 Å². The van der Waals surface area contributed by atoms with Gasteiger partial charge >= 0.3 is 0 Å². The molecular formula is C17H28N2O4S. The molecule has 0 aliphatic heterocycles. The van der Waals surface area contributed by atoms with Crippen molar-refractivity contribution in [3.63, 3.8) is 0 Å². The van der Waals surface area contributed by atoms with Gasteiger partial charge in [0.05, 0.1) is 4.90 Å². The molecule has 0 saturated carbocycles. The fraction of sp³-hybridized carbons (Fsp3) is 0.588. The molecule has 1 rings (SSSR count). The molecule has 0 aliphatic rings. The van der Waals surface area contributed by atoms with Crippen LogP contribution in [0.5, 0.6) is 0 Å². The van der Waals surface area contributed by atoms with Crippen LogP contribution in [-0.2, 0) is 21.2 Å². The van der Waals surface area contributed by atoms with Gasteiger partial charge in [-0.2, -0.15) is 4.31 Å². The number of unbranched alkanes of at least 4 members (excludes halogenated alkanes) is 2. The topological polar surface area (TPSA) is 86.7 Å². The molecule has 1 amide bonds. The Kier molecular flexibility index (Phi) is 8.95. The molecule has 0 spiro atoms. The number of carbonyl (C=O) groups is 1. The number of sulfonamides is 1. The zero-order valence-electron chi connectivity index (χ0n) is 14.5. The van der Waals surface area contributed by atoms with Crippen LogP contribution in [-0.4, -0.2) is 36.9 Å². The SMILES string of the molecule is CCCCCN(CCC(=O)NO)S(=O)(=O)c1ccc(CCC)cc1. The molecule has 7 heteroatoms. The maximum absolute atomic E-state index is 12.8. The summed E-state index contributed by atoms with van der Waals surface area (Å²) in [4.78, 5) is 11.5. The summed E-state index contributed by atoms with van der Waals surface area (Å²) in [6, 6.07) is 6.92. The number of amides is 1. The average molecular weight is 356 g/mol. The summed E-state index contributed by atoms with van der Waals surface area (Å²) < 4.78 is 27.0. The van der Waals surface area contributed by atoms with Crippen LogP contribution in [0.4, 0.5) is 0 Å². The van der Waals surface area contributed by atoms with Crippen molar-refractivity contribution in [2.45, 2.75) is 57.3 Å². The lowest BCUT2D eigenvalue weighted by molar-refractivity contribution is -0.129. The van der Waals surface area contributed by atoms with Gasteiger partial charge in [0.25, 0.3) is 0 Å². The van der Waals surface area contributed by atoms with Crippen LogP contribution >= 0.6 is 0 Å². The van der Waals surface area contributed by atoms with Gasteiger partial charge in [0.15, 0.2) is 0 Å². The predicted molar refractivity (Wildman–Crippen MR) is 93.3 cm³/mol. The van der Waals surface area contributed by atoms with Crippen LogP contribution in [0.25, 0.3) is 0 Å². The van der Waals surface area contributed by atoms with Crippen LogP contribution < -0.4 is 5.48 Å². The molecule has 0 fully saturated rings. The maximum atomic E-state index is 12.8. The molecule has 0 heterocycles. The van der Waals surface area contributed by atoms with Gasteiger partial charge < -0.3 is 0 Å². The standard InChI is InChI=1S/C17H28N2O4S/c1-3-5-6-13-19(14-12-17(20)18-21)24(22,23)16-10-8-15(7-4-2)9-11-16/h8-11,21H,3-7,12-14H2,1-2H3,(H,18,20). The van der Waals surface area contributed by atoms with Crippen molar-refractivity contribution in [2.75, 3.05) is 13.1 Å². The number of benzene rings is 1. The second kappa shape index (κ2) is 10.4. The van der Waals surface area contributed by atoms with Gasteiger partial charge in [-0.15, -0.1) is 0 Å². The van der Waals surface area contributed by atoms with E-state index in [-0.39, 0.29) is 17.9 Å². The minimum absolute atomic E-state index is 0.0507. The van der Waals surface area contributed by atoms with Gasteiger partial charge in [0.2, 0.25) is 15.9 Å². The van der Waals surface area contributed by atoms with Crippen molar-refractivity contribution in [2.24, 2.45) is 0 Å². The largest absolute Gasteiger partial charge is 0.289 e. The van der Waals surface area contributed by atoms with Crippen LogP contribution in [0.1, 0.15) is 51.5 Å². The van der Waals surface area contributed by atoms with E-state index < -0.39 is 15.9 Å². The van der Waals surface area contributed by atoms with Gasteiger partial charge in [-0.1, -0.05) is 45.2 Å². The summed E-state index contributed by atoms with van der Waals surface area (Å²) in [5.74, 6) is -0.594. The number of nitrogens with one attached hydrogen (secondary N) is 1.